The van der Waals surface area contributed by atoms with E-state index in [9.17, 15) is 4.39 Å². The maximum Gasteiger partial charge on any atom is 0.147 e. The van der Waals surface area contributed by atoms with E-state index in [4.69, 9.17) is 5.11 Å². The Bertz CT molecular complexity index is 624. The second-order valence-electron chi connectivity index (χ2n) is 6.40. The molecule has 6 heteroatoms. The highest BCUT2D eigenvalue weighted by Crippen LogP contribution is 2.17. The first kappa shape index (κ1) is 17.1. The number of β-amino-alcohol motifs (C(OH)–C–C–N with tert-alkyl or cyclic N) is 1. The van der Waals surface area contributed by atoms with E-state index < -0.39 is 0 Å². The van der Waals surface area contributed by atoms with Gasteiger partial charge >= 0.3 is 0 Å². The van der Waals surface area contributed by atoms with Crippen LogP contribution in [-0.4, -0.2) is 52.3 Å². The van der Waals surface area contributed by atoms with Crippen LogP contribution in [0.25, 0.3) is 5.69 Å². The molecule has 0 spiro atoms. The molecule has 130 valence electrons. The summed E-state index contributed by atoms with van der Waals surface area (Å²) in [6.07, 6.45) is 7.28. The molecule has 0 aliphatic carbocycles. The minimum absolute atomic E-state index is 0.232. The Kier molecular flexibility index (Phi) is 5.96. The summed E-state index contributed by atoms with van der Waals surface area (Å²) in [5.74, 6) is 0.430. The van der Waals surface area contributed by atoms with Gasteiger partial charge in [0.2, 0.25) is 0 Å². The molecule has 2 heterocycles. The average molecular weight is 332 g/mol. The van der Waals surface area contributed by atoms with Crippen LogP contribution >= 0.6 is 0 Å². The summed E-state index contributed by atoms with van der Waals surface area (Å²) >= 11 is 0. The fourth-order valence-corrected chi connectivity index (χ4v) is 3.25. The van der Waals surface area contributed by atoms with Crippen molar-refractivity contribution in [2.75, 3.05) is 32.8 Å². The van der Waals surface area contributed by atoms with E-state index in [1.165, 1.54) is 0 Å². The molecule has 0 saturated carbocycles. The van der Waals surface area contributed by atoms with Crippen LogP contribution in [0.2, 0.25) is 0 Å². The summed E-state index contributed by atoms with van der Waals surface area (Å²) in [5.41, 5.74) is 1.47. The number of rotatable bonds is 7. The van der Waals surface area contributed by atoms with Crippen molar-refractivity contribution in [3.05, 3.63) is 48.3 Å². The van der Waals surface area contributed by atoms with Crippen LogP contribution in [0.15, 0.2) is 36.9 Å². The van der Waals surface area contributed by atoms with Crippen molar-refractivity contribution < 1.29 is 9.50 Å². The fraction of sp³-hybridized carbons (Fsp3) is 0.500. The molecular weight excluding hydrogens is 307 g/mol. The first-order valence-corrected chi connectivity index (χ1v) is 8.57. The predicted molar refractivity (Wildman–Crippen MR) is 91.5 cm³/mol. The van der Waals surface area contributed by atoms with E-state index in [0.29, 0.717) is 18.2 Å². The number of halogens is 1. The van der Waals surface area contributed by atoms with E-state index in [2.05, 4.69) is 15.2 Å². The molecule has 1 fully saturated rings. The first-order chi connectivity index (χ1) is 11.8. The summed E-state index contributed by atoms with van der Waals surface area (Å²) in [4.78, 5) is 6.25. The van der Waals surface area contributed by atoms with Crippen molar-refractivity contribution in [2.45, 2.75) is 19.4 Å². The Hall–Kier alpha value is -1.76. The van der Waals surface area contributed by atoms with E-state index in [1.54, 1.807) is 35.4 Å². The van der Waals surface area contributed by atoms with E-state index in [1.807, 2.05) is 6.07 Å². The Morgan fingerprint density at radius 1 is 1.29 bits per heavy atom. The van der Waals surface area contributed by atoms with Crippen molar-refractivity contribution in [3.8, 4) is 5.69 Å². The Morgan fingerprint density at radius 2 is 2.12 bits per heavy atom. The molecule has 2 N–H and O–H groups in total. The molecule has 1 aromatic carbocycles. The van der Waals surface area contributed by atoms with Crippen molar-refractivity contribution in [2.24, 2.45) is 5.92 Å². The van der Waals surface area contributed by atoms with Crippen LogP contribution in [0, 0.1) is 11.7 Å². The number of aliphatic hydroxyl groups is 1. The topological polar surface area (TPSA) is 53.3 Å². The maximum atomic E-state index is 14.2. The molecule has 0 radical (unpaired) electrons. The van der Waals surface area contributed by atoms with Gasteiger partial charge in [-0.1, -0.05) is 6.07 Å². The summed E-state index contributed by atoms with van der Waals surface area (Å²) < 4.78 is 15.9. The quantitative estimate of drug-likeness (QED) is 0.812. The second kappa shape index (κ2) is 8.37. The Balaban J connectivity index is 1.45. The van der Waals surface area contributed by atoms with Crippen molar-refractivity contribution in [1.82, 2.24) is 19.8 Å². The van der Waals surface area contributed by atoms with Gasteiger partial charge in [-0.25, -0.2) is 9.37 Å². The summed E-state index contributed by atoms with van der Waals surface area (Å²) in [7, 11) is 0. The van der Waals surface area contributed by atoms with Gasteiger partial charge in [0, 0.05) is 25.5 Å². The molecule has 0 bridgehead atoms. The monoisotopic (exact) mass is 332 g/mol. The minimum Gasteiger partial charge on any atom is -0.395 e. The number of hydrogen-bond donors (Lipinski definition) is 2. The van der Waals surface area contributed by atoms with Gasteiger partial charge in [0.05, 0.1) is 18.6 Å². The van der Waals surface area contributed by atoms with E-state index in [0.717, 1.165) is 44.6 Å². The summed E-state index contributed by atoms with van der Waals surface area (Å²) in [6, 6.07) is 5.34. The van der Waals surface area contributed by atoms with Crippen LogP contribution in [0.3, 0.4) is 0 Å². The smallest absolute Gasteiger partial charge is 0.147 e. The van der Waals surface area contributed by atoms with Crippen LogP contribution < -0.4 is 5.32 Å². The lowest BCUT2D eigenvalue weighted by atomic mass is 9.97. The fourth-order valence-electron chi connectivity index (χ4n) is 3.25. The lowest BCUT2D eigenvalue weighted by Crippen LogP contribution is -2.38. The number of piperidine rings is 1. The highest BCUT2D eigenvalue weighted by atomic mass is 19.1. The molecule has 24 heavy (non-hydrogen) atoms. The zero-order valence-corrected chi connectivity index (χ0v) is 13.9. The molecule has 1 saturated heterocycles. The molecular formula is C18H25FN4O. The zero-order chi connectivity index (χ0) is 16.8. The first-order valence-electron chi connectivity index (χ1n) is 8.57. The predicted octanol–water partition coefficient (Wildman–Crippen LogP) is 1.81. The van der Waals surface area contributed by atoms with Crippen LogP contribution in [0.5, 0.6) is 0 Å². The number of benzene rings is 1. The molecule has 1 aliphatic heterocycles. The van der Waals surface area contributed by atoms with E-state index >= 15 is 0 Å². The van der Waals surface area contributed by atoms with Gasteiger partial charge in [-0.05, 0) is 56.1 Å². The van der Waals surface area contributed by atoms with E-state index in [-0.39, 0.29) is 12.4 Å². The number of hydrogen-bond acceptors (Lipinski definition) is 4. The lowest BCUT2D eigenvalue weighted by Gasteiger charge is -2.31. The molecule has 0 unspecified atom stereocenters. The average Bonchev–Trinajstić information content (AvgIpc) is 3.11. The largest absolute Gasteiger partial charge is 0.395 e. The SMILES string of the molecule is OCCN1CCC(CNCc2ccc(-n3ccnc3)c(F)c2)CC1. The zero-order valence-electron chi connectivity index (χ0n) is 13.9. The molecule has 5 nitrogen and oxygen atoms in total. The Labute approximate surface area is 142 Å². The van der Waals surface area contributed by atoms with Crippen molar-refractivity contribution in [3.63, 3.8) is 0 Å². The minimum atomic E-state index is -0.232. The lowest BCUT2D eigenvalue weighted by molar-refractivity contribution is 0.146. The van der Waals surface area contributed by atoms with Gasteiger partial charge in [-0.2, -0.15) is 0 Å². The number of nitrogens with zero attached hydrogens (tertiary/aromatic N) is 3. The number of imidazole rings is 1. The molecule has 0 amide bonds. The second-order valence-corrected chi connectivity index (χ2v) is 6.40. The van der Waals surface area contributed by atoms with Gasteiger partial charge < -0.3 is 19.9 Å². The standard InChI is InChI=1S/C18H25FN4O/c19-17-11-16(1-2-18(17)23-8-5-20-14-23)13-21-12-15-3-6-22(7-4-15)9-10-24/h1-2,5,8,11,14-15,21,24H,3-4,6-7,9-10,12-13H2. The summed E-state index contributed by atoms with van der Waals surface area (Å²) in [5, 5.41) is 12.4. The maximum absolute atomic E-state index is 14.2. The van der Waals surface area contributed by atoms with Gasteiger partial charge in [0.15, 0.2) is 0 Å². The number of likely N-dealkylation sites (tertiary alicyclic amines) is 1. The van der Waals surface area contributed by atoms with Crippen molar-refractivity contribution >= 4 is 0 Å². The third kappa shape index (κ3) is 4.41. The highest BCUT2D eigenvalue weighted by Gasteiger charge is 2.18. The van der Waals surface area contributed by atoms with Crippen LogP contribution in [0.4, 0.5) is 4.39 Å². The van der Waals surface area contributed by atoms with Gasteiger partial charge in [0.25, 0.3) is 0 Å². The molecule has 0 atom stereocenters. The highest BCUT2D eigenvalue weighted by molar-refractivity contribution is 5.36. The molecule has 2 aromatic rings. The number of aliphatic hydroxyl groups excluding tert-OH is 1. The van der Waals surface area contributed by atoms with Crippen molar-refractivity contribution in [1.29, 1.82) is 0 Å². The number of nitrogens with one attached hydrogen (secondary N) is 1. The molecule has 3 rings (SSSR count). The van der Waals surface area contributed by atoms with Crippen LogP contribution in [0.1, 0.15) is 18.4 Å². The van der Waals surface area contributed by atoms with Gasteiger partial charge in [-0.15, -0.1) is 0 Å². The van der Waals surface area contributed by atoms with Gasteiger partial charge in [0.1, 0.15) is 5.82 Å². The third-order valence-corrected chi connectivity index (χ3v) is 4.68. The number of aromatic nitrogens is 2. The Morgan fingerprint density at radius 3 is 2.79 bits per heavy atom. The van der Waals surface area contributed by atoms with Crippen LogP contribution in [-0.2, 0) is 6.54 Å². The summed E-state index contributed by atoms with van der Waals surface area (Å²) in [6.45, 7) is 4.77. The normalized spacial score (nSPS) is 16.6. The molecule has 1 aromatic heterocycles. The van der Waals surface area contributed by atoms with Gasteiger partial charge in [-0.3, -0.25) is 0 Å². The molecule has 1 aliphatic rings. The third-order valence-electron chi connectivity index (χ3n) is 4.68.